The van der Waals surface area contributed by atoms with Crippen molar-refractivity contribution in [3.8, 4) is 11.4 Å². The molecule has 7 rings (SSSR count). The van der Waals surface area contributed by atoms with Crippen LogP contribution in [0.15, 0.2) is 73.1 Å². The van der Waals surface area contributed by atoms with Crippen LogP contribution in [0.2, 0.25) is 0 Å². The fraction of sp³-hybridized carbons (Fsp3) is 0.449. The third-order valence-corrected chi connectivity index (χ3v) is 11.4. The summed E-state index contributed by atoms with van der Waals surface area (Å²) in [4.78, 5) is 72.3. The predicted octanol–water partition coefficient (Wildman–Crippen LogP) is 7.08. The molecule has 4 heterocycles. The Labute approximate surface area is 395 Å². The number of hydrogen-bond donors (Lipinski definition) is 5. The van der Waals surface area contributed by atoms with E-state index in [1.165, 1.54) is 0 Å². The van der Waals surface area contributed by atoms with Crippen molar-refractivity contribution < 1.29 is 42.9 Å². The highest BCUT2D eigenvalue weighted by molar-refractivity contribution is 6.01. The van der Waals surface area contributed by atoms with Gasteiger partial charge in [0.05, 0.1) is 36.0 Å². The Morgan fingerprint density at radius 1 is 0.912 bits per heavy atom. The number of imidazole rings is 1. The monoisotopic (exact) mass is 934 g/mol. The number of esters is 1. The van der Waals surface area contributed by atoms with Gasteiger partial charge in [-0.3, -0.25) is 29.5 Å². The van der Waals surface area contributed by atoms with Crippen LogP contribution in [-0.2, 0) is 47.1 Å². The summed E-state index contributed by atoms with van der Waals surface area (Å²) in [6.07, 6.45) is 1.46. The number of nitrogens with one attached hydrogen (secondary N) is 5. The molecular formula is C49H62N10O9. The van der Waals surface area contributed by atoms with Gasteiger partial charge < -0.3 is 34.9 Å². The lowest BCUT2D eigenvalue weighted by Gasteiger charge is -2.35. The average molecular weight is 935 g/mol. The summed E-state index contributed by atoms with van der Waals surface area (Å²) in [5.74, 6) is -0.762. The molecular weight excluding hydrogens is 873 g/mol. The first-order valence-electron chi connectivity index (χ1n) is 22.8. The molecule has 0 spiro atoms. The zero-order chi connectivity index (χ0) is 48.8. The maximum Gasteiger partial charge on any atom is 0.408 e. The second-order valence-corrected chi connectivity index (χ2v) is 19.2. The molecule has 1 unspecified atom stereocenters. The van der Waals surface area contributed by atoms with Crippen LogP contribution in [0.25, 0.3) is 16.7 Å². The third kappa shape index (κ3) is 12.3. The van der Waals surface area contributed by atoms with Crippen LogP contribution in [0.4, 0.5) is 26.8 Å². The molecule has 5 amide bonds. The zero-order valence-electron chi connectivity index (χ0n) is 39.9. The topological polar surface area (TPSA) is 223 Å². The molecule has 2 aromatic heterocycles. The van der Waals surface area contributed by atoms with E-state index in [4.69, 9.17) is 18.9 Å². The number of amides is 5. The number of alkyl carbamates (subject to hydrolysis) is 1. The van der Waals surface area contributed by atoms with Crippen LogP contribution < -0.4 is 26.0 Å². The van der Waals surface area contributed by atoms with Crippen molar-refractivity contribution in [2.75, 3.05) is 49.0 Å². The van der Waals surface area contributed by atoms with E-state index < -0.39 is 48.3 Å². The van der Waals surface area contributed by atoms with Crippen molar-refractivity contribution in [2.24, 2.45) is 5.92 Å². The number of likely N-dealkylation sites (tertiary alicyclic amines) is 1. The van der Waals surface area contributed by atoms with Crippen molar-refractivity contribution >= 4 is 58.1 Å². The second-order valence-electron chi connectivity index (χ2n) is 19.2. The van der Waals surface area contributed by atoms with Crippen molar-refractivity contribution in [3.63, 3.8) is 0 Å². The molecule has 0 aliphatic carbocycles. The number of aromatic nitrogens is 4. The van der Waals surface area contributed by atoms with Crippen molar-refractivity contribution in [1.82, 2.24) is 34.9 Å². The molecule has 1 fully saturated rings. The number of imide groups is 1. The van der Waals surface area contributed by atoms with Crippen LogP contribution in [0.5, 0.6) is 5.75 Å². The summed E-state index contributed by atoms with van der Waals surface area (Å²) < 4.78 is 24.6. The standard InChI is InChI=1S/C49H62N10O9/c1-30(2)43(54-47(64)68-49(6,7)8)45(62)67-29-59-42(60)19-18-39(44(59)61)57-26-31-10-9-11-36(35(31)27-57)50-20-21-65-22-23-66-34-16-17-38-37(24-34)51-28-58(38)33-14-12-32(13-15-33)52-46(63)53-41-25-40(55-56-41)48(3,4)5/h9-17,24-25,28,30,39,43,50H,18-23,26-27,29H2,1-8H3,(H,54,64)(H3,52,53,55,56,63)/t39?,43-/m0/s1. The number of benzene rings is 3. The molecule has 2 aliphatic heterocycles. The predicted molar refractivity (Wildman–Crippen MR) is 255 cm³/mol. The van der Waals surface area contributed by atoms with E-state index in [-0.39, 0.29) is 23.8 Å². The van der Waals surface area contributed by atoms with E-state index in [0.717, 1.165) is 44.1 Å². The van der Waals surface area contributed by atoms with E-state index in [0.29, 0.717) is 63.1 Å². The minimum atomic E-state index is -1.03. The molecule has 2 aliphatic rings. The van der Waals surface area contributed by atoms with Crippen LogP contribution in [-0.4, -0.2) is 110 Å². The molecule has 5 N–H and O–H groups in total. The molecule has 2 atom stereocenters. The van der Waals surface area contributed by atoms with Gasteiger partial charge in [-0.25, -0.2) is 24.3 Å². The number of carbonyl (C=O) groups is 5. The lowest BCUT2D eigenvalue weighted by atomic mass is 9.92. The lowest BCUT2D eigenvalue weighted by molar-refractivity contribution is -0.166. The number of rotatable bonds is 17. The van der Waals surface area contributed by atoms with Gasteiger partial charge >= 0.3 is 18.1 Å². The summed E-state index contributed by atoms with van der Waals surface area (Å²) in [5, 5.41) is 18.8. The van der Waals surface area contributed by atoms with E-state index in [9.17, 15) is 24.0 Å². The Morgan fingerprint density at radius 3 is 2.41 bits per heavy atom. The molecule has 362 valence electrons. The number of aromatic amines is 1. The maximum atomic E-state index is 13.7. The van der Waals surface area contributed by atoms with Gasteiger partial charge in [-0.15, -0.1) is 0 Å². The van der Waals surface area contributed by atoms with E-state index in [1.807, 2.05) is 76.2 Å². The summed E-state index contributed by atoms with van der Waals surface area (Å²) >= 11 is 0. The van der Waals surface area contributed by atoms with Gasteiger partial charge in [-0.05, 0) is 86.7 Å². The summed E-state index contributed by atoms with van der Waals surface area (Å²) in [6, 6.07) is 19.0. The Kier molecular flexibility index (Phi) is 15.0. The van der Waals surface area contributed by atoms with Crippen molar-refractivity contribution in [2.45, 2.75) is 104 Å². The Balaban J connectivity index is 0.827. The number of hydrogen-bond acceptors (Lipinski definition) is 13. The van der Waals surface area contributed by atoms with Crippen LogP contribution >= 0.6 is 0 Å². The van der Waals surface area contributed by atoms with Gasteiger partial charge in [-0.1, -0.05) is 46.8 Å². The first kappa shape index (κ1) is 48.9. The van der Waals surface area contributed by atoms with Crippen LogP contribution in [0.1, 0.15) is 85.1 Å². The van der Waals surface area contributed by atoms with Gasteiger partial charge in [0, 0.05) is 60.7 Å². The number of urea groups is 1. The average Bonchev–Trinajstić information content (AvgIpc) is 4.04. The summed E-state index contributed by atoms with van der Waals surface area (Å²) in [7, 11) is 0. The molecule has 19 heteroatoms. The molecule has 19 nitrogen and oxygen atoms in total. The molecule has 0 bridgehead atoms. The van der Waals surface area contributed by atoms with Gasteiger partial charge in [-0.2, -0.15) is 5.10 Å². The lowest BCUT2D eigenvalue weighted by Crippen LogP contribution is -2.55. The first-order chi connectivity index (χ1) is 32.3. The first-order valence-corrected chi connectivity index (χ1v) is 22.8. The number of anilines is 3. The number of ether oxygens (including phenoxy) is 4. The van der Waals surface area contributed by atoms with Gasteiger partial charge in [0.25, 0.3) is 0 Å². The van der Waals surface area contributed by atoms with E-state index in [1.54, 1.807) is 40.9 Å². The largest absolute Gasteiger partial charge is 0.491 e. The highest BCUT2D eigenvalue weighted by atomic mass is 16.6. The smallest absolute Gasteiger partial charge is 0.408 e. The normalized spacial score (nSPS) is 15.8. The van der Waals surface area contributed by atoms with E-state index in [2.05, 4.69) is 57.2 Å². The van der Waals surface area contributed by atoms with Crippen molar-refractivity contribution in [3.05, 3.63) is 89.9 Å². The number of nitrogens with zero attached hydrogens (tertiary/aromatic N) is 5. The summed E-state index contributed by atoms with van der Waals surface area (Å²) in [5.41, 5.74) is 6.22. The Morgan fingerprint density at radius 2 is 1.69 bits per heavy atom. The fourth-order valence-electron chi connectivity index (χ4n) is 7.91. The molecule has 5 aromatic rings. The van der Waals surface area contributed by atoms with Crippen LogP contribution in [0.3, 0.4) is 0 Å². The molecule has 3 aromatic carbocycles. The number of carbonyl (C=O) groups excluding carboxylic acids is 5. The number of H-pyrrole nitrogens is 1. The van der Waals surface area contributed by atoms with Crippen molar-refractivity contribution in [1.29, 1.82) is 0 Å². The zero-order valence-corrected chi connectivity index (χ0v) is 39.9. The third-order valence-electron chi connectivity index (χ3n) is 11.4. The number of piperidine rings is 1. The Bertz CT molecular complexity index is 2610. The minimum Gasteiger partial charge on any atom is -0.491 e. The molecule has 68 heavy (non-hydrogen) atoms. The van der Waals surface area contributed by atoms with Gasteiger partial charge in [0.15, 0.2) is 6.73 Å². The second kappa shape index (κ2) is 20.9. The molecule has 0 saturated carbocycles. The molecule has 1 saturated heterocycles. The minimum absolute atomic E-state index is 0.126. The van der Waals surface area contributed by atoms with Gasteiger partial charge in [0.2, 0.25) is 11.8 Å². The van der Waals surface area contributed by atoms with Gasteiger partial charge in [0.1, 0.15) is 36.1 Å². The Hall–Kier alpha value is -6.99. The quantitative estimate of drug-likeness (QED) is 0.0358. The SMILES string of the molecule is CC(C)[C@H](NC(=O)OC(C)(C)C)C(=O)OCN1C(=O)CCC(N2Cc3cccc(NCCOCCOc4ccc5c(c4)ncn5-c4ccc(NC(=O)Nc5cc(C(C)(C)C)n[nH]5)cc4)c3C2)C1=O. The highest BCUT2D eigenvalue weighted by Gasteiger charge is 2.41. The highest BCUT2D eigenvalue weighted by Crippen LogP contribution is 2.33. The fourth-order valence-corrected chi connectivity index (χ4v) is 7.91. The van der Waals surface area contributed by atoms with Crippen LogP contribution in [0, 0.1) is 5.92 Å². The molecule has 0 radical (unpaired) electrons. The number of fused-ring (bicyclic) bond motifs is 2. The van der Waals surface area contributed by atoms with E-state index >= 15 is 0 Å². The maximum absolute atomic E-state index is 13.7. The summed E-state index contributed by atoms with van der Waals surface area (Å²) in [6.45, 7) is 17.0.